The first kappa shape index (κ1) is 26.4. The zero-order valence-corrected chi connectivity index (χ0v) is 21.0. The third kappa shape index (κ3) is 4.83. The molecule has 1 amide bonds. The molecule has 5 heterocycles. The highest BCUT2D eigenvalue weighted by molar-refractivity contribution is 5.93. The third-order valence-corrected chi connectivity index (χ3v) is 5.94. The Kier molecular flexibility index (Phi) is 6.48. The Morgan fingerprint density at radius 2 is 1.85 bits per heavy atom. The van der Waals surface area contributed by atoms with E-state index in [-0.39, 0.29) is 34.8 Å². The summed E-state index contributed by atoms with van der Waals surface area (Å²) in [4.78, 5) is 58.2. The maximum Gasteiger partial charge on any atom is 0.451 e. The average Bonchev–Trinajstić information content (AvgIpc) is 3.55. The van der Waals surface area contributed by atoms with Gasteiger partial charge in [-0.3, -0.25) is 23.7 Å². The van der Waals surface area contributed by atoms with E-state index in [9.17, 15) is 27.6 Å². The van der Waals surface area contributed by atoms with Gasteiger partial charge in [0.05, 0.1) is 31.0 Å². The minimum atomic E-state index is -4.70. The first-order chi connectivity index (χ1) is 18.9. The zero-order valence-electron chi connectivity index (χ0n) is 21.0. The number of amides is 1. The molecule has 5 aromatic rings. The minimum absolute atomic E-state index is 0.00621. The van der Waals surface area contributed by atoms with E-state index in [1.807, 2.05) is 0 Å². The second-order valence-electron chi connectivity index (χ2n) is 8.73. The van der Waals surface area contributed by atoms with Crippen LogP contribution in [0, 0.1) is 6.92 Å². The van der Waals surface area contributed by atoms with Crippen LogP contribution in [0.15, 0.2) is 51.3 Å². The van der Waals surface area contributed by atoms with Crippen molar-refractivity contribution in [1.82, 2.24) is 43.8 Å². The van der Waals surface area contributed by atoms with E-state index in [4.69, 9.17) is 4.52 Å². The number of fused-ring (bicyclic) bond motifs is 1. The number of alkyl halides is 3. The summed E-state index contributed by atoms with van der Waals surface area (Å²) in [6.45, 7) is 3.03. The molecule has 0 unspecified atom stereocenters. The van der Waals surface area contributed by atoms with E-state index in [2.05, 4.69) is 35.4 Å². The summed E-state index contributed by atoms with van der Waals surface area (Å²) in [5.74, 6) is -1.41. The SMILES string of the molecule is Cc1cc(Cn2c(=O)c3c(ncn3[C@@H](C)C(=O)Nc3cncc(-c4cnc(C(F)(F)F)nc4)n3)n(C)c2=O)no1. The number of anilines is 1. The predicted molar refractivity (Wildman–Crippen MR) is 131 cm³/mol. The molecule has 0 bridgehead atoms. The number of aryl methyl sites for hydroxylation is 2. The molecule has 0 aliphatic rings. The summed E-state index contributed by atoms with van der Waals surface area (Å²) in [5, 5.41) is 6.39. The van der Waals surface area contributed by atoms with E-state index in [0.29, 0.717) is 11.5 Å². The first-order valence-corrected chi connectivity index (χ1v) is 11.5. The van der Waals surface area contributed by atoms with Crippen molar-refractivity contribution in [3.63, 3.8) is 0 Å². The summed E-state index contributed by atoms with van der Waals surface area (Å²) >= 11 is 0. The van der Waals surface area contributed by atoms with Gasteiger partial charge < -0.3 is 14.4 Å². The van der Waals surface area contributed by atoms with Gasteiger partial charge in [-0.25, -0.2) is 24.7 Å². The second kappa shape index (κ2) is 9.83. The molecule has 0 saturated heterocycles. The number of imidazole rings is 1. The van der Waals surface area contributed by atoms with Crippen LogP contribution < -0.4 is 16.6 Å². The Morgan fingerprint density at radius 3 is 2.50 bits per heavy atom. The minimum Gasteiger partial charge on any atom is -0.361 e. The Hall–Kier alpha value is -5.22. The number of hydrogen-bond donors (Lipinski definition) is 1. The quantitative estimate of drug-likeness (QED) is 0.325. The van der Waals surface area contributed by atoms with E-state index in [0.717, 1.165) is 17.0 Å². The lowest BCUT2D eigenvalue weighted by Crippen LogP contribution is -2.40. The Balaban J connectivity index is 1.43. The van der Waals surface area contributed by atoms with Gasteiger partial charge in [-0.05, 0) is 13.8 Å². The van der Waals surface area contributed by atoms with Gasteiger partial charge in [-0.1, -0.05) is 5.16 Å². The Labute approximate surface area is 221 Å². The molecule has 0 aliphatic carbocycles. The van der Waals surface area contributed by atoms with Crippen LogP contribution in [0.3, 0.4) is 0 Å². The highest BCUT2D eigenvalue weighted by Gasteiger charge is 2.34. The Bertz CT molecular complexity index is 1850. The molecule has 0 aliphatic heterocycles. The number of rotatable bonds is 6. The molecule has 0 saturated carbocycles. The number of carbonyl (C=O) groups excluding carboxylic acids is 1. The molecular formula is C23H19F3N10O4. The molecule has 0 fully saturated rings. The van der Waals surface area contributed by atoms with Crippen molar-refractivity contribution in [3.8, 4) is 11.3 Å². The largest absolute Gasteiger partial charge is 0.451 e. The van der Waals surface area contributed by atoms with E-state index in [1.54, 1.807) is 13.0 Å². The van der Waals surface area contributed by atoms with Gasteiger partial charge in [0, 0.05) is 31.1 Å². The lowest BCUT2D eigenvalue weighted by Gasteiger charge is -2.15. The summed E-state index contributed by atoms with van der Waals surface area (Å²) in [6, 6.07) is 0.591. The smallest absolute Gasteiger partial charge is 0.361 e. The highest BCUT2D eigenvalue weighted by Crippen LogP contribution is 2.26. The monoisotopic (exact) mass is 556 g/mol. The number of carbonyl (C=O) groups is 1. The summed E-state index contributed by atoms with van der Waals surface area (Å²) in [7, 11) is 1.45. The van der Waals surface area contributed by atoms with Crippen molar-refractivity contribution < 1.29 is 22.5 Å². The standard InChI is InChI=1S/C23H19F3N10O4/c1-11-4-14(33-40-11)9-35-20(38)17-18(34(3)22(35)39)30-10-36(17)12(2)19(37)32-16-8-27-7-15(31-16)13-5-28-21(29-6-13)23(24,25)26/h4-8,10,12H,9H2,1-3H3,(H,31,32,37)/t12-/m0/s1. The van der Waals surface area contributed by atoms with Crippen LogP contribution in [-0.2, 0) is 24.6 Å². The van der Waals surface area contributed by atoms with Gasteiger partial charge in [0.25, 0.3) is 5.56 Å². The van der Waals surface area contributed by atoms with E-state index in [1.165, 1.54) is 41.8 Å². The van der Waals surface area contributed by atoms with Gasteiger partial charge in [0.1, 0.15) is 17.5 Å². The number of nitrogens with one attached hydrogen (secondary N) is 1. The summed E-state index contributed by atoms with van der Waals surface area (Å²) in [6.07, 6.45) is 0.971. The van der Waals surface area contributed by atoms with Gasteiger partial charge in [-0.2, -0.15) is 13.2 Å². The van der Waals surface area contributed by atoms with Crippen molar-refractivity contribution in [3.05, 3.63) is 75.3 Å². The maximum atomic E-state index is 13.4. The zero-order chi connectivity index (χ0) is 28.8. The van der Waals surface area contributed by atoms with Crippen LogP contribution in [0.2, 0.25) is 0 Å². The van der Waals surface area contributed by atoms with Crippen LogP contribution in [0.4, 0.5) is 19.0 Å². The molecule has 17 heteroatoms. The number of hydrogen-bond acceptors (Lipinski definition) is 10. The normalized spacial score (nSPS) is 12.6. The third-order valence-electron chi connectivity index (χ3n) is 5.94. The van der Waals surface area contributed by atoms with Gasteiger partial charge in [-0.15, -0.1) is 0 Å². The Morgan fingerprint density at radius 1 is 1.12 bits per heavy atom. The lowest BCUT2D eigenvalue weighted by molar-refractivity contribution is -0.145. The van der Waals surface area contributed by atoms with E-state index >= 15 is 0 Å². The van der Waals surface area contributed by atoms with Gasteiger partial charge in [0.15, 0.2) is 17.0 Å². The molecule has 5 aromatic heterocycles. The second-order valence-corrected chi connectivity index (χ2v) is 8.73. The molecule has 5 rings (SSSR count). The molecule has 40 heavy (non-hydrogen) atoms. The van der Waals surface area contributed by atoms with Crippen LogP contribution in [-0.4, -0.2) is 49.7 Å². The molecule has 1 atom stereocenters. The van der Waals surface area contributed by atoms with Crippen molar-refractivity contribution in [1.29, 1.82) is 0 Å². The molecule has 0 spiro atoms. The fourth-order valence-electron chi connectivity index (χ4n) is 3.91. The van der Waals surface area contributed by atoms with Gasteiger partial charge in [0.2, 0.25) is 11.7 Å². The van der Waals surface area contributed by atoms with Crippen LogP contribution >= 0.6 is 0 Å². The van der Waals surface area contributed by atoms with Crippen LogP contribution in [0.5, 0.6) is 0 Å². The number of nitrogens with zero attached hydrogens (tertiary/aromatic N) is 9. The fraction of sp³-hybridized carbons (Fsp3) is 0.261. The topological polar surface area (TPSA) is 169 Å². The average molecular weight is 556 g/mol. The molecule has 1 N–H and O–H groups in total. The molecule has 206 valence electrons. The van der Waals surface area contributed by atoms with E-state index < -0.39 is 35.2 Å². The van der Waals surface area contributed by atoms with Crippen molar-refractivity contribution in [2.75, 3.05) is 5.32 Å². The molecule has 0 radical (unpaired) electrons. The number of halogens is 3. The molecular weight excluding hydrogens is 537 g/mol. The summed E-state index contributed by atoms with van der Waals surface area (Å²) < 4.78 is 46.8. The first-order valence-electron chi connectivity index (χ1n) is 11.5. The predicted octanol–water partition coefficient (Wildman–Crippen LogP) is 1.71. The van der Waals surface area contributed by atoms with Gasteiger partial charge >= 0.3 is 11.9 Å². The molecule has 14 nitrogen and oxygen atoms in total. The maximum absolute atomic E-state index is 13.4. The summed E-state index contributed by atoms with van der Waals surface area (Å²) in [5.41, 5.74) is -0.593. The van der Waals surface area contributed by atoms with Crippen molar-refractivity contribution >= 4 is 22.9 Å². The van der Waals surface area contributed by atoms with Crippen molar-refractivity contribution in [2.45, 2.75) is 32.6 Å². The molecule has 0 aromatic carbocycles. The van der Waals surface area contributed by atoms with Crippen molar-refractivity contribution in [2.24, 2.45) is 7.05 Å². The highest BCUT2D eigenvalue weighted by atomic mass is 19.4. The fourth-order valence-corrected chi connectivity index (χ4v) is 3.91. The number of aromatic nitrogens is 9. The lowest BCUT2D eigenvalue weighted by atomic mass is 10.2. The van der Waals surface area contributed by atoms with Crippen LogP contribution in [0.25, 0.3) is 22.4 Å². The van der Waals surface area contributed by atoms with Crippen LogP contribution in [0.1, 0.15) is 30.2 Å².